The summed E-state index contributed by atoms with van der Waals surface area (Å²) >= 11 is 1.61. The van der Waals surface area contributed by atoms with Crippen LogP contribution in [0.5, 0.6) is 0 Å². The SMILES string of the molecule is CSCC[C@H](N)C(=O)N(C)Cc1ccc(C(F)(F)F)cc1. The molecule has 0 spiro atoms. The summed E-state index contributed by atoms with van der Waals surface area (Å²) in [5.41, 5.74) is 5.72. The van der Waals surface area contributed by atoms with E-state index in [9.17, 15) is 18.0 Å². The van der Waals surface area contributed by atoms with Crippen LogP contribution >= 0.6 is 11.8 Å². The van der Waals surface area contributed by atoms with Crippen molar-refractivity contribution < 1.29 is 18.0 Å². The fourth-order valence-electron chi connectivity index (χ4n) is 1.80. The minimum Gasteiger partial charge on any atom is -0.340 e. The summed E-state index contributed by atoms with van der Waals surface area (Å²) in [5, 5.41) is 0. The molecule has 118 valence electrons. The number of rotatable bonds is 6. The minimum absolute atomic E-state index is 0.205. The van der Waals surface area contributed by atoms with E-state index >= 15 is 0 Å². The summed E-state index contributed by atoms with van der Waals surface area (Å²) < 4.78 is 37.4. The van der Waals surface area contributed by atoms with Crippen LogP contribution in [0.15, 0.2) is 24.3 Å². The first-order valence-corrected chi connectivity index (χ1v) is 7.80. The zero-order valence-electron chi connectivity index (χ0n) is 12.0. The van der Waals surface area contributed by atoms with Crippen LogP contribution in [0.2, 0.25) is 0 Å². The summed E-state index contributed by atoms with van der Waals surface area (Å²) in [6.45, 7) is 0.240. The van der Waals surface area contributed by atoms with Crippen LogP contribution in [-0.4, -0.2) is 35.9 Å². The normalized spacial score (nSPS) is 13.0. The predicted octanol–water partition coefficient (Wildman–Crippen LogP) is 2.74. The number of amides is 1. The van der Waals surface area contributed by atoms with Crippen molar-refractivity contribution in [3.8, 4) is 0 Å². The Kier molecular flexibility index (Phi) is 6.54. The number of nitrogens with zero attached hydrogens (tertiary/aromatic N) is 1. The monoisotopic (exact) mass is 320 g/mol. The van der Waals surface area contributed by atoms with Gasteiger partial charge in [-0.3, -0.25) is 4.79 Å². The Balaban J connectivity index is 2.62. The number of benzene rings is 1. The third-order valence-electron chi connectivity index (χ3n) is 3.03. The Morgan fingerprint density at radius 2 is 1.90 bits per heavy atom. The average molecular weight is 320 g/mol. The highest BCUT2D eigenvalue weighted by atomic mass is 32.2. The van der Waals surface area contributed by atoms with Gasteiger partial charge in [0.25, 0.3) is 0 Å². The lowest BCUT2D eigenvalue weighted by Gasteiger charge is -2.21. The second kappa shape index (κ2) is 7.70. The quantitative estimate of drug-likeness (QED) is 0.877. The van der Waals surface area contributed by atoms with Crippen LogP contribution in [0.1, 0.15) is 17.5 Å². The number of alkyl halides is 3. The number of carbonyl (C=O) groups is 1. The molecule has 0 bridgehead atoms. The number of nitrogens with two attached hydrogens (primary N) is 1. The molecule has 7 heteroatoms. The van der Waals surface area contributed by atoms with E-state index in [0.29, 0.717) is 12.0 Å². The molecule has 0 heterocycles. The average Bonchev–Trinajstić information content (AvgIpc) is 2.43. The van der Waals surface area contributed by atoms with E-state index in [-0.39, 0.29) is 12.5 Å². The molecule has 0 unspecified atom stereocenters. The first-order valence-electron chi connectivity index (χ1n) is 6.41. The van der Waals surface area contributed by atoms with Crippen molar-refractivity contribution in [2.24, 2.45) is 5.73 Å². The molecular weight excluding hydrogens is 301 g/mol. The molecule has 0 saturated heterocycles. The molecule has 0 aromatic heterocycles. The van der Waals surface area contributed by atoms with Crippen LogP contribution in [0, 0.1) is 0 Å². The summed E-state index contributed by atoms with van der Waals surface area (Å²) in [7, 11) is 1.60. The fraction of sp³-hybridized carbons (Fsp3) is 0.500. The molecular formula is C14H19F3N2OS. The third kappa shape index (κ3) is 5.59. The second-order valence-electron chi connectivity index (χ2n) is 4.78. The Bertz CT molecular complexity index is 462. The number of hydrogen-bond acceptors (Lipinski definition) is 3. The van der Waals surface area contributed by atoms with Crippen molar-refractivity contribution >= 4 is 17.7 Å². The zero-order valence-corrected chi connectivity index (χ0v) is 12.8. The van der Waals surface area contributed by atoms with Crippen molar-refractivity contribution in [3.63, 3.8) is 0 Å². The first-order chi connectivity index (χ1) is 9.75. The van der Waals surface area contributed by atoms with Crippen LogP contribution < -0.4 is 5.73 Å². The topological polar surface area (TPSA) is 46.3 Å². The van der Waals surface area contributed by atoms with Crippen LogP contribution in [-0.2, 0) is 17.5 Å². The highest BCUT2D eigenvalue weighted by molar-refractivity contribution is 7.98. The number of likely N-dealkylation sites (N-methyl/N-ethyl adjacent to an activating group) is 1. The van der Waals surface area contributed by atoms with E-state index in [2.05, 4.69) is 0 Å². The van der Waals surface area contributed by atoms with Gasteiger partial charge in [0.05, 0.1) is 11.6 Å². The Morgan fingerprint density at radius 1 is 1.33 bits per heavy atom. The largest absolute Gasteiger partial charge is 0.416 e. The summed E-state index contributed by atoms with van der Waals surface area (Å²) in [5.74, 6) is 0.588. The number of hydrogen-bond donors (Lipinski definition) is 1. The van der Waals surface area contributed by atoms with Crippen molar-refractivity contribution in [3.05, 3.63) is 35.4 Å². The third-order valence-corrected chi connectivity index (χ3v) is 3.67. The molecule has 1 atom stereocenters. The van der Waals surface area contributed by atoms with Crippen LogP contribution in [0.3, 0.4) is 0 Å². The molecule has 3 nitrogen and oxygen atoms in total. The molecule has 1 aromatic rings. The lowest BCUT2D eigenvalue weighted by atomic mass is 10.1. The van der Waals surface area contributed by atoms with Crippen LogP contribution in [0.25, 0.3) is 0 Å². The summed E-state index contributed by atoms with van der Waals surface area (Å²) in [4.78, 5) is 13.4. The van der Waals surface area contributed by atoms with Crippen molar-refractivity contribution in [2.45, 2.75) is 25.2 Å². The highest BCUT2D eigenvalue weighted by Crippen LogP contribution is 2.29. The highest BCUT2D eigenvalue weighted by Gasteiger charge is 2.30. The molecule has 21 heavy (non-hydrogen) atoms. The lowest BCUT2D eigenvalue weighted by molar-refractivity contribution is -0.137. The Labute approximate surface area is 126 Å². The van der Waals surface area contributed by atoms with Gasteiger partial charge in [0.2, 0.25) is 5.91 Å². The van der Waals surface area contributed by atoms with E-state index in [1.807, 2.05) is 6.26 Å². The molecule has 1 rings (SSSR count). The maximum Gasteiger partial charge on any atom is 0.416 e. The molecule has 1 amide bonds. The van der Waals surface area contributed by atoms with E-state index in [1.54, 1.807) is 18.8 Å². The fourth-order valence-corrected chi connectivity index (χ4v) is 2.29. The summed E-state index contributed by atoms with van der Waals surface area (Å²) in [6.07, 6.45) is -1.83. The zero-order chi connectivity index (χ0) is 16.0. The van der Waals surface area contributed by atoms with E-state index in [0.717, 1.165) is 17.9 Å². The van der Waals surface area contributed by atoms with Gasteiger partial charge in [-0.2, -0.15) is 24.9 Å². The van der Waals surface area contributed by atoms with Gasteiger partial charge in [0, 0.05) is 13.6 Å². The minimum atomic E-state index is -4.35. The molecule has 0 aliphatic rings. The van der Waals surface area contributed by atoms with Gasteiger partial charge in [-0.05, 0) is 36.1 Å². The van der Waals surface area contributed by atoms with Gasteiger partial charge in [-0.15, -0.1) is 0 Å². The van der Waals surface area contributed by atoms with E-state index in [1.165, 1.54) is 17.0 Å². The molecule has 0 fully saturated rings. The Morgan fingerprint density at radius 3 is 2.38 bits per heavy atom. The van der Waals surface area contributed by atoms with E-state index < -0.39 is 17.8 Å². The number of halogens is 3. The van der Waals surface area contributed by atoms with Gasteiger partial charge < -0.3 is 10.6 Å². The number of carbonyl (C=O) groups excluding carboxylic acids is 1. The van der Waals surface area contributed by atoms with Gasteiger partial charge >= 0.3 is 6.18 Å². The lowest BCUT2D eigenvalue weighted by Crippen LogP contribution is -2.41. The molecule has 0 aliphatic carbocycles. The molecule has 1 aromatic carbocycles. The van der Waals surface area contributed by atoms with Gasteiger partial charge in [0.1, 0.15) is 0 Å². The molecule has 2 N–H and O–H groups in total. The standard InChI is InChI=1S/C14H19F3N2OS/c1-19(13(20)12(18)7-8-21-2)9-10-3-5-11(6-4-10)14(15,16)17/h3-6,12H,7-9,18H2,1-2H3/t12-/m0/s1. The first kappa shape index (κ1) is 17.8. The molecule has 0 saturated carbocycles. The van der Waals surface area contributed by atoms with Crippen molar-refractivity contribution in [1.29, 1.82) is 0 Å². The molecule has 0 radical (unpaired) electrons. The second-order valence-corrected chi connectivity index (χ2v) is 5.76. The van der Waals surface area contributed by atoms with E-state index in [4.69, 9.17) is 5.73 Å². The van der Waals surface area contributed by atoms with Crippen molar-refractivity contribution in [2.75, 3.05) is 19.1 Å². The maximum absolute atomic E-state index is 12.5. The van der Waals surface area contributed by atoms with Crippen LogP contribution in [0.4, 0.5) is 13.2 Å². The van der Waals surface area contributed by atoms with Gasteiger partial charge in [-0.1, -0.05) is 12.1 Å². The maximum atomic E-state index is 12.5. The number of thioether (sulfide) groups is 1. The van der Waals surface area contributed by atoms with Crippen molar-refractivity contribution in [1.82, 2.24) is 4.90 Å². The summed E-state index contributed by atoms with van der Waals surface area (Å²) in [6, 6.07) is 4.21. The molecule has 0 aliphatic heterocycles. The predicted molar refractivity (Wildman–Crippen MR) is 78.9 cm³/mol. The smallest absolute Gasteiger partial charge is 0.340 e. The Hall–Kier alpha value is -1.21. The van der Waals surface area contributed by atoms with Gasteiger partial charge in [-0.25, -0.2) is 0 Å². The van der Waals surface area contributed by atoms with Gasteiger partial charge in [0.15, 0.2) is 0 Å².